The lowest BCUT2D eigenvalue weighted by atomic mass is 10.1. The molecule has 0 aliphatic carbocycles. The van der Waals surface area contributed by atoms with Gasteiger partial charge in [-0.1, -0.05) is 30.3 Å². The van der Waals surface area contributed by atoms with Crippen LogP contribution < -0.4 is 10.3 Å². The van der Waals surface area contributed by atoms with E-state index in [4.69, 9.17) is 4.42 Å². The van der Waals surface area contributed by atoms with Gasteiger partial charge in [-0.2, -0.15) is 5.10 Å². The molecule has 152 valence electrons. The molecule has 2 aromatic heterocycles. The van der Waals surface area contributed by atoms with Gasteiger partial charge in [-0.15, -0.1) is 0 Å². The average Bonchev–Trinajstić information content (AvgIpc) is 3.22. The Morgan fingerprint density at radius 1 is 1.07 bits per heavy atom. The molecule has 0 saturated carbocycles. The highest BCUT2D eigenvalue weighted by molar-refractivity contribution is 7.89. The van der Waals surface area contributed by atoms with Crippen molar-refractivity contribution in [2.75, 3.05) is 13.1 Å². The molecule has 29 heavy (non-hydrogen) atoms. The molecule has 3 aromatic rings. The van der Waals surface area contributed by atoms with Crippen LogP contribution in [0.2, 0.25) is 0 Å². The fourth-order valence-corrected chi connectivity index (χ4v) is 4.65. The summed E-state index contributed by atoms with van der Waals surface area (Å²) in [5.41, 5.74) is 1.28. The quantitative estimate of drug-likeness (QED) is 0.638. The second-order valence-electron chi connectivity index (χ2n) is 7.08. The second kappa shape index (κ2) is 8.32. The fourth-order valence-electron chi connectivity index (χ4n) is 3.41. The number of furan rings is 1. The van der Waals surface area contributed by atoms with Crippen LogP contribution in [-0.4, -0.2) is 42.6 Å². The van der Waals surface area contributed by atoms with Crippen molar-refractivity contribution < 1.29 is 12.8 Å². The van der Waals surface area contributed by atoms with Crippen molar-refractivity contribution in [2.45, 2.75) is 30.5 Å². The molecule has 1 aliphatic rings. The molecule has 1 aliphatic heterocycles. The van der Waals surface area contributed by atoms with E-state index in [0.29, 0.717) is 5.69 Å². The van der Waals surface area contributed by atoms with Crippen LogP contribution in [0.4, 0.5) is 0 Å². The van der Waals surface area contributed by atoms with Crippen LogP contribution in [0.3, 0.4) is 0 Å². The van der Waals surface area contributed by atoms with Crippen molar-refractivity contribution >= 4 is 10.0 Å². The first-order valence-electron chi connectivity index (χ1n) is 9.44. The number of aromatic amines is 1. The fraction of sp³-hybridized carbons (Fsp3) is 0.300. The molecular weight excluding hydrogens is 392 g/mol. The van der Waals surface area contributed by atoms with Gasteiger partial charge in [-0.25, -0.2) is 18.2 Å². The van der Waals surface area contributed by atoms with E-state index in [0.717, 1.165) is 32.5 Å². The summed E-state index contributed by atoms with van der Waals surface area (Å²) < 4.78 is 33.6. The van der Waals surface area contributed by atoms with Crippen molar-refractivity contribution in [1.82, 2.24) is 19.8 Å². The molecule has 0 radical (unpaired) electrons. The predicted molar refractivity (Wildman–Crippen MR) is 108 cm³/mol. The van der Waals surface area contributed by atoms with Crippen LogP contribution in [0, 0.1) is 0 Å². The summed E-state index contributed by atoms with van der Waals surface area (Å²) in [5, 5.41) is 5.99. The van der Waals surface area contributed by atoms with E-state index in [1.54, 1.807) is 0 Å². The maximum Gasteiger partial charge on any atom is 0.274 e. The van der Waals surface area contributed by atoms with Gasteiger partial charge < -0.3 is 4.42 Å². The third-order valence-corrected chi connectivity index (χ3v) is 6.33. The standard InChI is InChI=1S/C20H22N4O4S/c25-19-8-6-17(21-22-19)18-7-9-20(28-18)29(26,27)23-16-10-12-24(13-11-16)14-15-4-2-1-3-5-15/h1-9,16,23H,10-14H2,(H,22,25). The molecule has 3 heterocycles. The Morgan fingerprint density at radius 3 is 2.52 bits per heavy atom. The third kappa shape index (κ3) is 4.81. The number of nitrogens with zero attached hydrogens (tertiary/aromatic N) is 2. The molecule has 1 aromatic carbocycles. The highest BCUT2D eigenvalue weighted by atomic mass is 32.2. The molecule has 2 N–H and O–H groups in total. The Hall–Kier alpha value is -2.75. The van der Waals surface area contributed by atoms with Gasteiger partial charge in [0.15, 0.2) is 5.76 Å². The minimum atomic E-state index is -3.77. The maximum absolute atomic E-state index is 12.7. The van der Waals surface area contributed by atoms with E-state index in [9.17, 15) is 13.2 Å². The number of H-pyrrole nitrogens is 1. The zero-order valence-corrected chi connectivity index (χ0v) is 16.6. The van der Waals surface area contributed by atoms with Crippen molar-refractivity contribution in [2.24, 2.45) is 0 Å². The van der Waals surface area contributed by atoms with Crippen LogP contribution in [0.1, 0.15) is 18.4 Å². The normalized spacial score (nSPS) is 16.1. The Balaban J connectivity index is 1.36. The van der Waals surface area contributed by atoms with Gasteiger partial charge in [0.25, 0.3) is 15.6 Å². The Bertz CT molecular complexity index is 1100. The summed E-state index contributed by atoms with van der Waals surface area (Å²) in [6.45, 7) is 2.52. The molecule has 0 unspecified atom stereocenters. The number of hydrogen-bond donors (Lipinski definition) is 2. The Kier molecular flexibility index (Phi) is 5.61. The topological polar surface area (TPSA) is 108 Å². The molecule has 1 saturated heterocycles. The lowest BCUT2D eigenvalue weighted by molar-refractivity contribution is 0.199. The monoisotopic (exact) mass is 414 g/mol. The second-order valence-corrected chi connectivity index (χ2v) is 8.73. The molecule has 0 bridgehead atoms. The van der Waals surface area contributed by atoms with Crippen molar-refractivity contribution in [3.63, 3.8) is 0 Å². The summed E-state index contributed by atoms with van der Waals surface area (Å²) >= 11 is 0. The van der Waals surface area contributed by atoms with E-state index < -0.39 is 10.0 Å². The Labute approximate surface area is 168 Å². The summed E-state index contributed by atoms with van der Waals surface area (Å²) in [4.78, 5) is 13.4. The Morgan fingerprint density at radius 2 is 1.83 bits per heavy atom. The van der Waals surface area contributed by atoms with Crippen molar-refractivity contribution in [3.05, 3.63) is 70.5 Å². The van der Waals surface area contributed by atoms with Gasteiger partial charge in [-0.05, 0) is 36.6 Å². The van der Waals surface area contributed by atoms with Gasteiger partial charge >= 0.3 is 0 Å². The van der Waals surface area contributed by atoms with E-state index >= 15 is 0 Å². The van der Waals surface area contributed by atoms with Gasteiger partial charge in [0, 0.05) is 31.7 Å². The number of sulfonamides is 1. The molecule has 1 fully saturated rings. The van der Waals surface area contributed by atoms with Crippen LogP contribution in [0.25, 0.3) is 11.5 Å². The lowest BCUT2D eigenvalue weighted by Gasteiger charge is -2.32. The minimum Gasteiger partial charge on any atom is -0.442 e. The predicted octanol–water partition coefficient (Wildman–Crippen LogP) is 1.97. The zero-order chi connectivity index (χ0) is 20.3. The van der Waals surface area contributed by atoms with Crippen LogP contribution in [-0.2, 0) is 16.6 Å². The van der Waals surface area contributed by atoms with Crippen LogP contribution >= 0.6 is 0 Å². The van der Waals surface area contributed by atoms with Gasteiger partial charge in [-0.3, -0.25) is 9.69 Å². The smallest absolute Gasteiger partial charge is 0.274 e. The number of aromatic nitrogens is 2. The molecule has 8 nitrogen and oxygen atoms in total. The lowest BCUT2D eigenvalue weighted by Crippen LogP contribution is -2.44. The van der Waals surface area contributed by atoms with E-state index in [1.165, 1.54) is 29.8 Å². The first kappa shape index (κ1) is 19.6. The highest BCUT2D eigenvalue weighted by Gasteiger charge is 2.27. The maximum atomic E-state index is 12.7. The van der Waals surface area contributed by atoms with Crippen LogP contribution in [0.5, 0.6) is 0 Å². The van der Waals surface area contributed by atoms with E-state index in [1.807, 2.05) is 18.2 Å². The highest BCUT2D eigenvalue weighted by Crippen LogP contribution is 2.23. The average molecular weight is 414 g/mol. The van der Waals surface area contributed by atoms with Gasteiger partial charge in [0.2, 0.25) is 5.09 Å². The summed E-state index contributed by atoms with van der Waals surface area (Å²) in [5.74, 6) is 0.277. The number of nitrogens with one attached hydrogen (secondary N) is 2. The van der Waals surface area contributed by atoms with Crippen molar-refractivity contribution in [3.8, 4) is 11.5 Å². The van der Waals surface area contributed by atoms with Gasteiger partial charge in [0.05, 0.1) is 0 Å². The number of likely N-dealkylation sites (tertiary alicyclic amines) is 1. The molecule has 0 atom stereocenters. The molecule has 0 amide bonds. The number of hydrogen-bond acceptors (Lipinski definition) is 6. The van der Waals surface area contributed by atoms with Gasteiger partial charge in [0.1, 0.15) is 5.69 Å². The third-order valence-electron chi connectivity index (χ3n) is 4.94. The molecule has 9 heteroatoms. The summed E-state index contributed by atoms with van der Waals surface area (Å²) in [6, 6.07) is 15.8. The molecule has 0 spiro atoms. The number of piperidine rings is 1. The first-order valence-corrected chi connectivity index (χ1v) is 10.9. The molecular formula is C20H22N4O4S. The van der Waals surface area contributed by atoms with Crippen LogP contribution in [0.15, 0.2) is 68.9 Å². The van der Waals surface area contributed by atoms with Crippen molar-refractivity contribution in [1.29, 1.82) is 0 Å². The zero-order valence-electron chi connectivity index (χ0n) is 15.7. The number of benzene rings is 1. The number of rotatable bonds is 6. The SMILES string of the molecule is O=c1ccc(-c2ccc(S(=O)(=O)NC3CCN(Cc4ccccc4)CC3)o2)n[nH]1. The largest absolute Gasteiger partial charge is 0.442 e. The summed E-state index contributed by atoms with van der Waals surface area (Å²) in [6.07, 6.45) is 1.47. The molecule has 4 rings (SSSR count). The minimum absolute atomic E-state index is 0.133. The summed E-state index contributed by atoms with van der Waals surface area (Å²) in [7, 11) is -3.77. The van der Waals surface area contributed by atoms with E-state index in [-0.39, 0.29) is 22.5 Å². The first-order chi connectivity index (χ1) is 14.0. The van der Waals surface area contributed by atoms with E-state index in [2.05, 4.69) is 32.0 Å².